The number of rotatable bonds is 7. The zero-order valence-electron chi connectivity index (χ0n) is 21.5. The van der Waals surface area contributed by atoms with Crippen molar-refractivity contribution in [1.82, 2.24) is 24.7 Å². The predicted octanol–water partition coefficient (Wildman–Crippen LogP) is 4.87. The van der Waals surface area contributed by atoms with Gasteiger partial charge in [-0.2, -0.15) is 13.2 Å². The van der Waals surface area contributed by atoms with E-state index in [2.05, 4.69) is 20.2 Å². The molecule has 1 unspecified atom stereocenters. The summed E-state index contributed by atoms with van der Waals surface area (Å²) in [5, 5.41) is 19.2. The lowest BCUT2D eigenvalue weighted by Crippen LogP contribution is -2.35. The van der Waals surface area contributed by atoms with E-state index >= 15 is 0 Å². The van der Waals surface area contributed by atoms with Crippen molar-refractivity contribution in [3.8, 4) is 11.5 Å². The molecule has 2 aromatic carbocycles. The fourth-order valence-corrected chi connectivity index (χ4v) is 4.74. The van der Waals surface area contributed by atoms with E-state index in [1.807, 2.05) is 39.8 Å². The first-order chi connectivity index (χ1) is 19.8. The minimum Gasteiger partial charge on any atom is -0.432 e. The molecule has 5 aromatic rings. The number of anilines is 1. The van der Waals surface area contributed by atoms with E-state index in [1.54, 1.807) is 42.5 Å². The number of carbonyl (C=O) groups excluding carboxylic acids is 1. The fourth-order valence-electron chi connectivity index (χ4n) is 4.74. The Morgan fingerprint density at radius 3 is 2.39 bits per heavy atom. The standard InChI is InChI=1S/C29H23F3N6O3/c30-29(31,32)26-25(41-28(34-26)20-9-5-2-6-10-20)21(39)15-18-11-12-22(33-16-18)37-13-14-38-23(17-37)35-36-27(38)24(40)19-7-3-1-4-8-19/h1-12,16,24,40H,13-15,17H2. The third-order valence-corrected chi connectivity index (χ3v) is 6.81. The van der Waals surface area contributed by atoms with Crippen LogP contribution in [0.2, 0.25) is 0 Å². The Morgan fingerprint density at radius 2 is 1.71 bits per heavy atom. The molecule has 4 heterocycles. The summed E-state index contributed by atoms with van der Waals surface area (Å²) in [5.74, 6) is -0.202. The van der Waals surface area contributed by atoms with Crippen LogP contribution in [-0.2, 0) is 25.7 Å². The first kappa shape index (κ1) is 26.4. The van der Waals surface area contributed by atoms with Gasteiger partial charge in [0.15, 0.2) is 17.3 Å². The van der Waals surface area contributed by atoms with E-state index in [0.717, 1.165) is 5.56 Å². The second kappa shape index (κ2) is 10.6. The minimum absolute atomic E-state index is 0.271. The van der Waals surface area contributed by atoms with Crippen LogP contribution in [0.3, 0.4) is 0 Å². The maximum Gasteiger partial charge on any atom is 0.437 e. The van der Waals surface area contributed by atoms with Crippen molar-refractivity contribution in [3.63, 3.8) is 0 Å². The number of hydrogen-bond donors (Lipinski definition) is 1. The quantitative estimate of drug-likeness (QED) is 0.281. The molecular weight excluding hydrogens is 537 g/mol. The number of aromatic nitrogens is 5. The van der Waals surface area contributed by atoms with Gasteiger partial charge in [0.05, 0.1) is 6.54 Å². The lowest BCUT2D eigenvalue weighted by molar-refractivity contribution is -0.141. The Bertz CT molecular complexity index is 1670. The molecule has 0 fully saturated rings. The molecular formula is C29H23F3N6O3. The average molecular weight is 561 g/mol. The van der Waals surface area contributed by atoms with E-state index in [1.165, 1.54) is 6.20 Å². The van der Waals surface area contributed by atoms with Crippen molar-refractivity contribution in [2.24, 2.45) is 0 Å². The first-order valence-corrected chi connectivity index (χ1v) is 12.8. The third kappa shape index (κ3) is 5.33. The van der Waals surface area contributed by atoms with Crippen molar-refractivity contribution < 1.29 is 27.5 Å². The van der Waals surface area contributed by atoms with Crippen LogP contribution in [-0.4, -0.2) is 42.2 Å². The molecule has 1 aliphatic rings. The van der Waals surface area contributed by atoms with Gasteiger partial charge in [-0.3, -0.25) is 4.79 Å². The summed E-state index contributed by atoms with van der Waals surface area (Å²) in [7, 11) is 0. The number of benzene rings is 2. The molecule has 0 amide bonds. The zero-order chi connectivity index (χ0) is 28.6. The lowest BCUT2D eigenvalue weighted by Gasteiger charge is -2.29. The summed E-state index contributed by atoms with van der Waals surface area (Å²) in [4.78, 5) is 22.9. The number of aliphatic hydroxyl groups excluding tert-OH is 1. The summed E-state index contributed by atoms with van der Waals surface area (Å²) in [5.41, 5.74) is 0.140. The summed E-state index contributed by atoms with van der Waals surface area (Å²) in [6, 6.07) is 20.7. The summed E-state index contributed by atoms with van der Waals surface area (Å²) >= 11 is 0. The van der Waals surface area contributed by atoms with E-state index in [0.29, 0.717) is 48.2 Å². The van der Waals surface area contributed by atoms with E-state index in [4.69, 9.17) is 4.42 Å². The Kier molecular flexibility index (Phi) is 6.83. The van der Waals surface area contributed by atoms with Gasteiger partial charge in [0.1, 0.15) is 11.9 Å². The smallest absolute Gasteiger partial charge is 0.432 e. The molecule has 9 nitrogen and oxygen atoms in total. The van der Waals surface area contributed by atoms with Crippen LogP contribution in [0.5, 0.6) is 0 Å². The van der Waals surface area contributed by atoms with Crippen molar-refractivity contribution in [1.29, 1.82) is 0 Å². The predicted molar refractivity (Wildman–Crippen MR) is 141 cm³/mol. The number of pyridine rings is 1. The number of carbonyl (C=O) groups is 1. The number of halogens is 3. The van der Waals surface area contributed by atoms with Crippen molar-refractivity contribution in [2.45, 2.75) is 31.8 Å². The van der Waals surface area contributed by atoms with Crippen LogP contribution >= 0.6 is 0 Å². The van der Waals surface area contributed by atoms with Crippen LogP contribution in [0.4, 0.5) is 19.0 Å². The Morgan fingerprint density at radius 1 is 0.976 bits per heavy atom. The largest absolute Gasteiger partial charge is 0.437 e. The number of oxazole rings is 1. The number of aliphatic hydroxyl groups is 1. The number of fused-ring (bicyclic) bond motifs is 1. The van der Waals surface area contributed by atoms with Crippen molar-refractivity contribution in [3.05, 3.63) is 113 Å². The zero-order valence-corrected chi connectivity index (χ0v) is 21.5. The highest BCUT2D eigenvalue weighted by molar-refractivity contribution is 5.96. The Balaban J connectivity index is 1.16. The highest BCUT2D eigenvalue weighted by Gasteiger charge is 2.41. The molecule has 0 saturated heterocycles. The average Bonchev–Trinajstić information content (AvgIpc) is 3.63. The van der Waals surface area contributed by atoms with Crippen LogP contribution in [0, 0.1) is 0 Å². The summed E-state index contributed by atoms with van der Waals surface area (Å²) in [6.45, 7) is 1.49. The van der Waals surface area contributed by atoms with Crippen LogP contribution in [0.25, 0.3) is 11.5 Å². The second-order valence-electron chi connectivity index (χ2n) is 9.55. The molecule has 0 radical (unpaired) electrons. The van der Waals surface area contributed by atoms with Gasteiger partial charge in [0.2, 0.25) is 17.4 Å². The third-order valence-electron chi connectivity index (χ3n) is 6.81. The molecule has 208 valence electrons. The molecule has 1 atom stereocenters. The maximum absolute atomic E-state index is 13.7. The van der Waals surface area contributed by atoms with Gasteiger partial charge < -0.3 is 19.0 Å². The van der Waals surface area contributed by atoms with E-state index in [9.17, 15) is 23.1 Å². The molecule has 0 aliphatic carbocycles. The summed E-state index contributed by atoms with van der Waals surface area (Å²) < 4.78 is 48.2. The van der Waals surface area contributed by atoms with Gasteiger partial charge in [-0.05, 0) is 29.3 Å². The number of hydrogen-bond acceptors (Lipinski definition) is 8. The lowest BCUT2D eigenvalue weighted by atomic mass is 10.1. The second-order valence-corrected chi connectivity index (χ2v) is 9.55. The molecule has 0 saturated carbocycles. The monoisotopic (exact) mass is 560 g/mol. The van der Waals surface area contributed by atoms with Gasteiger partial charge in [0, 0.05) is 31.3 Å². The highest BCUT2D eigenvalue weighted by Crippen LogP contribution is 2.35. The molecule has 0 bridgehead atoms. The molecule has 12 heteroatoms. The molecule has 3 aromatic heterocycles. The molecule has 1 aliphatic heterocycles. The number of nitrogens with zero attached hydrogens (tertiary/aromatic N) is 6. The molecule has 6 rings (SSSR count). The van der Waals surface area contributed by atoms with Crippen molar-refractivity contribution >= 4 is 11.6 Å². The maximum atomic E-state index is 13.7. The molecule has 1 N–H and O–H groups in total. The Labute approximate surface area is 231 Å². The van der Waals surface area contributed by atoms with Crippen LogP contribution < -0.4 is 4.90 Å². The van der Waals surface area contributed by atoms with Gasteiger partial charge in [-0.25, -0.2) is 9.97 Å². The van der Waals surface area contributed by atoms with E-state index < -0.39 is 29.5 Å². The van der Waals surface area contributed by atoms with Gasteiger partial charge in [-0.15, -0.1) is 10.2 Å². The SMILES string of the molecule is O=C(Cc1ccc(N2CCn3c(nnc3C(O)c3ccccc3)C2)nc1)c1oc(-c2ccccc2)nc1C(F)(F)F. The number of ketones is 1. The Hall–Kier alpha value is -4.84. The molecule has 41 heavy (non-hydrogen) atoms. The fraction of sp³-hybridized carbons (Fsp3) is 0.207. The first-order valence-electron chi connectivity index (χ1n) is 12.8. The highest BCUT2D eigenvalue weighted by atomic mass is 19.4. The minimum atomic E-state index is -4.85. The van der Waals surface area contributed by atoms with Gasteiger partial charge in [0.25, 0.3) is 0 Å². The van der Waals surface area contributed by atoms with Crippen LogP contribution in [0.1, 0.15) is 45.1 Å². The molecule has 0 spiro atoms. The van der Waals surface area contributed by atoms with Crippen LogP contribution in [0.15, 0.2) is 83.4 Å². The normalized spacial score (nSPS) is 14.1. The summed E-state index contributed by atoms with van der Waals surface area (Å²) in [6.07, 6.45) is -4.63. The van der Waals surface area contributed by atoms with Gasteiger partial charge >= 0.3 is 6.18 Å². The van der Waals surface area contributed by atoms with E-state index in [-0.39, 0.29) is 12.3 Å². The number of Topliss-reactive ketones (excluding diaryl/α,β-unsaturated/α-hetero) is 1. The topological polar surface area (TPSA) is 110 Å². The van der Waals surface area contributed by atoms with Crippen molar-refractivity contribution in [2.75, 3.05) is 11.4 Å². The van der Waals surface area contributed by atoms with Gasteiger partial charge in [-0.1, -0.05) is 54.6 Å². The number of alkyl halides is 3.